The molecular formula is C11H14N2O2S. The molecular weight excluding hydrogens is 224 g/mol. The van der Waals surface area contributed by atoms with Gasteiger partial charge in [-0.25, -0.2) is 4.98 Å². The van der Waals surface area contributed by atoms with E-state index in [0.29, 0.717) is 13.0 Å². The lowest BCUT2D eigenvalue weighted by molar-refractivity contribution is -0.144. The Kier molecular flexibility index (Phi) is 2.80. The predicted octanol–water partition coefficient (Wildman–Crippen LogP) is 1.57. The SMILES string of the molecule is CC(C)(c1nccs1)N1CCC(=O)CC1=O. The number of thiazole rings is 1. The molecule has 1 aliphatic rings. The van der Waals surface area contributed by atoms with E-state index in [1.807, 2.05) is 19.2 Å². The molecule has 1 aliphatic heterocycles. The maximum atomic E-state index is 11.8. The summed E-state index contributed by atoms with van der Waals surface area (Å²) in [5, 5.41) is 2.81. The number of piperidine rings is 1. The molecule has 0 bridgehead atoms. The number of carbonyl (C=O) groups excluding carboxylic acids is 2. The highest BCUT2D eigenvalue weighted by Crippen LogP contribution is 2.31. The number of likely N-dealkylation sites (tertiary alicyclic amines) is 1. The number of amides is 1. The van der Waals surface area contributed by atoms with Crippen molar-refractivity contribution in [2.24, 2.45) is 0 Å². The minimum atomic E-state index is -0.411. The van der Waals surface area contributed by atoms with Crippen LogP contribution in [0.5, 0.6) is 0 Å². The number of hydrogen-bond acceptors (Lipinski definition) is 4. The van der Waals surface area contributed by atoms with Gasteiger partial charge in [-0.15, -0.1) is 11.3 Å². The van der Waals surface area contributed by atoms with Crippen LogP contribution in [-0.2, 0) is 15.1 Å². The molecule has 0 saturated carbocycles. The van der Waals surface area contributed by atoms with E-state index in [-0.39, 0.29) is 18.1 Å². The molecule has 0 aliphatic carbocycles. The van der Waals surface area contributed by atoms with Gasteiger partial charge in [0.15, 0.2) is 0 Å². The highest BCUT2D eigenvalue weighted by molar-refractivity contribution is 7.09. The van der Waals surface area contributed by atoms with Crippen molar-refractivity contribution in [1.29, 1.82) is 0 Å². The van der Waals surface area contributed by atoms with Crippen LogP contribution < -0.4 is 0 Å². The molecule has 0 atom stereocenters. The number of aromatic nitrogens is 1. The van der Waals surface area contributed by atoms with Crippen LogP contribution in [0, 0.1) is 0 Å². The normalized spacial score (nSPS) is 18.0. The maximum Gasteiger partial charge on any atom is 0.230 e. The maximum absolute atomic E-state index is 11.8. The highest BCUT2D eigenvalue weighted by atomic mass is 32.1. The molecule has 0 unspecified atom stereocenters. The van der Waals surface area contributed by atoms with Gasteiger partial charge in [-0.1, -0.05) is 0 Å². The van der Waals surface area contributed by atoms with Gasteiger partial charge in [0.2, 0.25) is 5.91 Å². The Morgan fingerprint density at radius 2 is 2.19 bits per heavy atom. The molecule has 4 nitrogen and oxygen atoms in total. The van der Waals surface area contributed by atoms with Gasteiger partial charge in [-0.2, -0.15) is 0 Å². The first-order valence-electron chi connectivity index (χ1n) is 5.24. The van der Waals surface area contributed by atoms with Crippen LogP contribution in [0.25, 0.3) is 0 Å². The number of ketones is 1. The fraction of sp³-hybridized carbons (Fsp3) is 0.545. The lowest BCUT2D eigenvalue weighted by atomic mass is 9.98. The summed E-state index contributed by atoms with van der Waals surface area (Å²) in [5.74, 6) is -0.0485. The number of Topliss-reactive ketones (excluding diaryl/α,β-unsaturated/α-hetero) is 1. The number of carbonyl (C=O) groups is 2. The van der Waals surface area contributed by atoms with E-state index in [2.05, 4.69) is 4.98 Å². The molecule has 16 heavy (non-hydrogen) atoms. The van der Waals surface area contributed by atoms with Crippen molar-refractivity contribution in [3.63, 3.8) is 0 Å². The average Bonchev–Trinajstić information content (AvgIpc) is 2.69. The molecule has 1 aromatic heterocycles. The Hall–Kier alpha value is -1.23. The zero-order valence-corrected chi connectivity index (χ0v) is 10.2. The summed E-state index contributed by atoms with van der Waals surface area (Å²) < 4.78 is 0. The third-order valence-electron chi connectivity index (χ3n) is 2.89. The fourth-order valence-corrected chi connectivity index (χ4v) is 2.72. The first-order chi connectivity index (χ1) is 7.51. The van der Waals surface area contributed by atoms with Crippen molar-refractivity contribution in [1.82, 2.24) is 9.88 Å². The van der Waals surface area contributed by atoms with Crippen LogP contribution in [0.3, 0.4) is 0 Å². The first kappa shape index (κ1) is 11.3. The van der Waals surface area contributed by atoms with Crippen molar-refractivity contribution in [2.45, 2.75) is 32.2 Å². The lowest BCUT2D eigenvalue weighted by Gasteiger charge is -2.39. The van der Waals surface area contributed by atoms with Crippen molar-refractivity contribution in [2.75, 3.05) is 6.54 Å². The molecule has 5 heteroatoms. The number of rotatable bonds is 2. The molecule has 1 aromatic rings. The lowest BCUT2D eigenvalue weighted by Crippen LogP contribution is -2.49. The molecule has 0 aromatic carbocycles. The Bertz CT molecular complexity index is 412. The van der Waals surface area contributed by atoms with E-state index in [4.69, 9.17) is 0 Å². The molecule has 86 valence electrons. The standard InChI is InChI=1S/C11H14N2O2S/c1-11(2,10-12-4-6-16-10)13-5-3-8(14)7-9(13)15/h4,6H,3,5,7H2,1-2H3. The monoisotopic (exact) mass is 238 g/mol. The van der Waals surface area contributed by atoms with Crippen LogP contribution in [-0.4, -0.2) is 28.1 Å². The van der Waals surface area contributed by atoms with Gasteiger partial charge in [-0.3, -0.25) is 9.59 Å². The van der Waals surface area contributed by atoms with E-state index in [0.717, 1.165) is 5.01 Å². The third kappa shape index (κ3) is 1.87. The summed E-state index contributed by atoms with van der Waals surface area (Å²) in [7, 11) is 0. The topological polar surface area (TPSA) is 50.3 Å². The predicted molar refractivity (Wildman–Crippen MR) is 61.1 cm³/mol. The zero-order valence-electron chi connectivity index (χ0n) is 9.40. The Labute approximate surface area is 98.3 Å². The van der Waals surface area contributed by atoms with E-state index in [1.165, 1.54) is 11.3 Å². The van der Waals surface area contributed by atoms with Crippen molar-refractivity contribution in [3.05, 3.63) is 16.6 Å². The second-order valence-corrected chi connectivity index (χ2v) is 5.30. The van der Waals surface area contributed by atoms with Crippen molar-refractivity contribution >= 4 is 23.0 Å². The van der Waals surface area contributed by atoms with Gasteiger partial charge >= 0.3 is 0 Å². The number of nitrogens with zero attached hydrogens (tertiary/aromatic N) is 2. The zero-order chi connectivity index (χ0) is 11.8. The summed E-state index contributed by atoms with van der Waals surface area (Å²) >= 11 is 1.54. The summed E-state index contributed by atoms with van der Waals surface area (Å²) in [6, 6.07) is 0. The van der Waals surface area contributed by atoms with Crippen LogP contribution in [0.4, 0.5) is 0 Å². The van der Waals surface area contributed by atoms with Crippen molar-refractivity contribution in [3.8, 4) is 0 Å². The van der Waals surface area contributed by atoms with Gasteiger partial charge in [0.05, 0.1) is 12.0 Å². The van der Waals surface area contributed by atoms with Gasteiger partial charge in [-0.05, 0) is 13.8 Å². The van der Waals surface area contributed by atoms with Gasteiger partial charge in [0.1, 0.15) is 10.8 Å². The van der Waals surface area contributed by atoms with Crippen molar-refractivity contribution < 1.29 is 9.59 Å². The second kappa shape index (κ2) is 3.97. The second-order valence-electron chi connectivity index (χ2n) is 4.41. The largest absolute Gasteiger partial charge is 0.330 e. The van der Waals surface area contributed by atoms with E-state index >= 15 is 0 Å². The Balaban J connectivity index is 2.24. The minimum Gasteiger partial charge on any atom is -0.330 e. The first-order valence-corrected chi connectivity index (χ1v) is 6.12. The minimum absolute atomic E-state index is 0.0365. The molecule has 0 spiro atoms. The van der Waals surface area contributed by atoms with Gasteiger partial charge < -0.3 is 4.90 Å². The molecule has 1 amide bonds. The van der Waals surface area contributed by atoms with Crippen LogP contribution in [0.2, 0.25) is 0 Å². The third-order valence-corrected chi connectivity index (χ3v) is 3.98. The Morgan fingerprint density at radius 3 is 2.75 bits per heavy atom. The molecule has 1 saturated heterocycles. The smallest absolute Gasteiger partial charge is 0.230 e. The highest BCUT2D eigenvalue weighted by Gasteiger charge is 2.37. The molecule has 0 radical (unpaired) electrons. The van der Waals surface area contributed by atoms with Crippen LogP contribution >= 0.6 is 11.3 Å². The summed E-state index contributed by atoms with van der Waals surface area (Å²) in [6.07, 6.45) is 2.23. The van der Waals surface area contributed by atoms with Gasteiger partial charge in [0, 0.05) is 24.5 Å². The van der Waals surface area contributed by atoms with E-state index in [9.17, 15) is 9.59 Å². The van der Waals surface area contributed by atoms with Gasteiger partial charge in [0.25, 0.3) is 0 Å². The molecule has 1 fully saturated rings. The average molecular weight is 238 g/mol. The molecule has 2 heterocycles. The van der Waals surface area contributed by atoms with Crippen LogP contribution in [0.15, 0.2) is 11.6 Å². The summed E-state index contributed by atoms with van der Waals surface area (Å²) in [5.41, 5.74) is -0.411. The Morgan fingerprint density at radius 1 is 1.44 bits per heavy atom. The summed E-state index contributed by atoms with van der Waals surface area (Å²) in [4.78, 5) is 29.0. The van der Waals surface area contributed by atoms with Crippen LogP contribution in [0.1, 0.15) is 31.7 Å². The molecule has 2 rings (SSSR count). The summed E-state index contributed by atoms with van der Waals surface area (Å²) in [6.45, 7) is 4.45. The van der Waals surface area contributed by atoms with E-state index < -0.39 is 5.54 Å². The molecule has 0 N–H and O–H groups in total. The quantitative estimate of drug-likeness (QED) is 0.735. The number of hydrogen-bond donors (Lipinski definition) is 0. The fourth-order valence-electron chi connectivity index (χ4n) is 1.95. The van der Waals surface area contributed by atoms with E-state index in [1.54, 1.807) is 11.1 Å².